The van der Waals surface area contributed by atoms with Gasteiger partial charge in [0.1, 0.15) is 11.6 Å². The Labute approximate surface area is 118 Å². The van der Waals surface area contributed by atoms with Gasteiger partial charge in [0.2, 0.25) is 0 Å². The van der Waals surface area contributed by atoms with Gasteiger partial charge in [0.05, 0.1) is 0 Å². The summed E-state index contributed by atoms with van der Waals surface area (Å²) in [4.78, 5) is 2.08. The molecule has 0 radical (unpaired) electrons. The molecule has 20 heavy (non-hydrogen) atoms. The van der Waals surface area contributed by atoms with Crippen molar-refractivity contribution in [1.29, 1.82) is 0 Å². The lowest BCUT2D eigenvalue weighted by Gasteiger charge is -2.12. The number of anilines is 1. The third kappa shape index (κ3) is 4.31. The zero-order valence-electron chi connectivity index (χ0n) is 11.7. The highest BCUT2D eigenvalue weighted by molar-refractivity contribution is 5.46. The first kappa shape index (κ1) is 14.5. The van der Waals surface area contributed by atoms with Crippen LogP contribution in [0.25, 0.3) is 0 Å². The van der Waals surface area contributed by atoms with Crippen LogP contribution < -0.4 is 5.32 Å². The number of rotatable bonds is 5. The molecule has 0 saturated carbocycles. The summed E-state index contributed by atoms with van der Waals surface area (Å²) in [5.74, 6) is -1.11. The Hall–Kier alpha value is -1.94. The van der Waals surface area contributed by atoms with E-state index in [1.807, 2.05) is 38.4 Å². The summed E-state index contributed by atoms with van der Waals surface area (Å²) in [6.07, 6.45) is 0. The lowest BCUT2D eigenvalue weighted by Crippen LogP contribution is -2.10. The minimum atomic E-state index is -0.553. The molecule has 0 aliphatic carbocycles. The van der Waals surface area contributed by atoms with Crippen LogP contribution in [0.5, 0.6) is 0 Å². The van der Waals surface area contributed by atoms with E-state index in [9.17, 15) is 8.78 Å². The van der Waals surface area contributed by atoms with Crippen LogP contribution in [-0.2, 0) is 13.1 Å². The van der Waals surface area contributed by atoms with Crippen molar-refractivity contribution in [2.75, 3.05) is 19.4 Å². The Kier molecular flexibility index (Phi) is 4.69. The number of hydrogen-bond acceptors (Lipinski definition) is 2. The quantitative estimate of drug-likeness (QED) is 0.897. The van der Waals surface area contributed by atoms with Gasteiger partial charge in [-0.15, -0.1) is 0 Å². The van der Waals surface area contributed by atoms with Crippen LogP contribution in [0, 0.1) is 11.6 Å². The second-order valence-corrected chi connectivity index (χ2v) is 5.07. The minimum absolute atomic E-state index is 0.389. The van der Waals surface area contributed by atoms with Gasteiger partial charge in [-0.2, -0.15) is 0 Å². The van der Waals surface area contributed by atoms with E-state index in [0.29, 0.717) is 12.1 Å². The van der Waals surface area contributed by atoms with Crippen molar-refractivity contribution in [2.45, 2.75) is 13.1 Å². The molecule has 0 amide bonds. The average molecular weight is 276 g/mol. The number of halogens is 2. The monoisotopic (exact) mass is 276 g/mol. The van der Waals surface area contributed by atoms with E-state index in [2.05, 4.69) is 10.2 Å². The molecule has 4 heteroatoms. The molecular weight excluding hydrogens is 258 g/mol. The van der Waals surface area contributed by atoms with Crippen LogP contribution >= 0.6 is 0 Å². The van der Waals surface area contributed by atoms with Crippen LogP contribution in [0.2, 0.25) is 0 Å². The van der Waals surface area contributed by atoms with Crippen LogP contribution in [0.4, 0.5) is 14.5 Å². The zero-order chi connectivity index (χ0) is 14.5. The number of benzene rings is 2. The predicted molar refractivity (Wildman–Crippen MR) is 77.5 cm³/mol. The van der Waals surface area contributed by atoms with Crippen molar-refractivity contribution >= 4 is 5.69 Å². The van der Waals surface area contributed by atoms with Crippen LogP contribution in [0.1, 0.15) is 11.1 Å². The maximum atomic E-state index is 13.1. The largest absolute Gasteiger partial charge is 0.381 e. The molecule has 0 saturated heterocycles. The summed E-state index contributed by atoms with van der Waals surface area (Å²) in [5.41, 5.74) is 2.71. The molecule has 0 bridgehead atoms. The van der Waals surface area contributed by atoms with Gasteiger partial charge in [0, 0.05) is 24.8 Å². The molecular formula is C16H18F2N2. The maximum Gasteiger partial charge on any atom is 0.126 e. The summed E-state index contributed by atoms with van der Waals surface area (Å²) in [5, 5.41) is 3.18. The van der Waals surface area contributed by atoms with Crippen molar-refractivity contribution in [3.63, 3.8) is 0 Å². The first-order valence-electron chi connectivity index (χ1n) is 6.45. The minimum Gasteiger partial charge on any atom is -0.381 e. The second-order valence-electron chi connectivity index (χ2n) is 5.07. The molecule has 0 atom stereocenters. The van der Waals surface area contributed by atoms with Gasteiger partial charge in [0.25, 0.3) is 0 Å². The molecule has 2 aromatic carbocycles. The van der Waals surface area contributed by atoms with Crippen molar-refractivity contribution in [3.05, 3.63) is 65.2 Å². The Bertz CT molecular complexity index is 562. The van der Waals surface area contributed by atoms with E-state index in [1.165, 1.54) is 17.7 Å². The third-order valence-electron chi connectivity index (χ3n) is 2.84. The molecule has 2 nitrogen and oxygen atoms in total. The van der Waals surface area contributed by atoms with Gasteiger partial charge >= 0.3 is 0 Å². The normalized spacial score (nSPS) is 10.8. The van der Waals surface area contributed by atoms with E-state index < -0.39 is 11.6 Å². The van der Waals surface area contributed by atoms with E-state index in [1.54, 1.807) is 0 Å². The fraction of sp³-hybridized carbons (Fsp3) is 0.250. The Morgan fingerprint density at radius 3 is 2.30 bits per heavy atom. The van der Waals surface area contributed by atoms with E-state index in [0.717, 1.165) is 18.3 Å². The third-order valence-corrected chi connectivity index (χ3v) is 2.84. The molecule has 0 spiro atoms. The standard InChI is InChI=1S/C16H18F2N2/c1-20(2)11-12-4-3-5-16(8-12)19-10-13-6-14(17)9-15(18)7-13/h3-9,19H,10-11H2,1-2H3. The molecule has 2 aromatic rings. The second kappa shape index (κ2) is 6.48. The van der Waals surface area contributed by atoms with Crippen LogP contribution in [0.3, 0.4) is 0 Å². The van der Waals surface area contributed by atoms with Gasteiger partial charge in [0.15, 0.2) is 0 Å². The fourth-order valence-electron chi connectivity index (χ4n) is 2.06. The molecule has 0 aromatic heterocycles. The maximum absolute atomic E-state index is 13.1. The highest BCUT2D eigenvalue weighted by Crippen LogP contribution is 2.14. The summed E-state index contributed by atoms with van der Waals surface area (Å²) in [6.45, 7) is 1.24. The molecule has 0 aliphatic heterocycles. The van der Waals surface area contributed by atoms with Gasteiger partial charge < -0.3 is 10.2 Å². The lowest BCUT2D eigenvalue weighted by atomic mass is 10.1. The van der Waals surface area contributed by atoms with E-state index in [-0.39, 0.29) is 0 Å². The van der Waals surface area contributed by atoms with Crippen molar-refractivity contribution < 1.29 is 8.78 Å². The van der Waals surface area contributed by atoms with Gasteiger partial charge in [-0.05, 0) is 49.5 Å². The average Bonchev–Trinajstić information content (AvgIpc) is 2.35. The van der Waals surface area contributed by atoms with Crippen molar-refractivity contribution in [1.82, 2.24) is 4.90 Å². The molecule has 2 rings (SSSR count). The predicted octanol–water partition coefficient (Wildman–Crippen LogP) is 3.64. The Balaban J connectivity index is 2.03. The number of hydrogen-bond donors (Lipinski definition) is 1. The van der Waals surface area contributed by atoms with Gasteiger partial charge in [-0.1, -0.05) is 12.1 Å². The fourth-order valence-corrected chi connectivity index (χ4v) is 2.06. The van der Waals surface area contributed by atoms with Crippen LogP contribution in [-0.4, -0.2) is 19.0 Å². The Morgan fingerprint density at radius 1 is 0.950 bits per heavy atom. The van der Waals surface area contributed by atoms with Crippen molar-refractivity contribution in [3.8, 4) is 0 Å². The molecule has 0 aliphatic rings. The molecule has 0 unspecified atom stereocenters. The van der Waals surface area contributed by atoms with Crippen LogP contribution in [0.15, 0.2) is 42.5 Å². The number of nitrogens with zero attached hydrogens (tertiary/aromatic N) is 1. The van der Waals surface area contributed by atoms with Gasteiger partial charge in [-0.3, -0.25) is 0 Å². The summed E-state index contributed by atoms with van der Waals surface area (Å²) < 4.78 is 26.2. The number of nitrogens with one attached hydrogen (secondary N) is 1. The first-order valence-corrected chi connectivity index (χ1v) is 6.45. The van der Waals surface area contributed by atoms with Gasteiger partial charge in [-0.25, -0.2) is 8.78 Å². The summed E-state index contributed by atoms with van der Waals surface area (Å²) in [6, 6.07) is 11.5. The molecule has 0 heterocycles. The summed E-state index contributed by atoms with van der Waals surface area (Å²) >= 11 is 0. The zero-order valence-corrected chi connectivity index (χ0v) is 11.7. The lowest BCUT2D eigenvalue weighted by molar-refractivity contribution is 0.402. The van der Waals surface area contributed by atoms with Crippen molar-refractivity contribution in [2.24, 2.45) is 0 Å². The highest BCUT2D eigenvalue weighted by Gasteiger charge is 2.02. The SMILES string of the molecule is CN(C)Cc1cccc(NCc2cc(F)cc(F)c2)c1. The molecule has 106 valence electrons. The molecule has 0 fully saturated rings. The van der Waals surface area contributed by atoms with E-state index >= 15 is 0 Å². The Morgan fingerprint density at radius 2 is 1.65 bits per heavy atom. The summed E-state index contributed by atoms with van der Waals surface area (Å²) in [7, 11) is 4.02. The topological polar surface area (TPSA) is 15.3 Å². The molecule has 1 N–H and O–H groups in total. The highest BCUT2D eigenvalue weighted by atomic mass is 19.1. The smallest absolute Gasteiger partial charge is 0.126 e. The first-order chi connectivity index (χ1) is 9.52. The van der Waals surface area contributed by atoms with E-state index in [4.69, 9.17) is 0 Å².